The van der Waals surface area contributed by atoms with Crippen LogP contribution in [0.15, 0.2) is 42.5 Å². The summed E-state index contributed by atoms with van der Waals surface area (Å²) in [7, 11) is 0. The number of aryl methyl sites for hydroxylation is 2. The van der Waals surface area contributed by atoms with Crippen LogP contribution in [0.3, 0.4) is 0 Å². The molecule has 0 amide bonds. The van der Waals surface area contributed by atoms with E-state index in [1.54, 1.807) is 0 Å². The van der Waals surface area contributed by atoms with Gasteiger partial charge >= 0.3 is 0 Å². The van der Waals surface area contributed by atoms with Crippen molar-refractivity contribution in [1.29, 1.82) is 0 Å². The van der Waals surface area contributed by atoms with Gasteiger partial charge < -0.3 is 10.7 Å². The predicted molar refractivity (Wildman–Crippen MR) is 92.4 cm³/mol. The van der Waals surface area contributed by atoms with Gasteiger partial charge in [-0.15, -0.1) is 0 Å². The molecule has 1 atom stereocenters. The first-order valence-corrected chi connectivity index (χ1v) is 8.12. The van der Waals surface area contributed by atoms with Gasteiger partial charge in [0.25, 0.3) is 0 Å². The van der Waals surface area contributed by atoms with Gasteiger partial charge in [0.2, 0.25) is 0 Å². The number of rotatable bonds is 1. The van der Waals surface area contributed by atoms with Crippen molar-refractivity contribution >= 4 is 22.5 Å². The van der Waals surface area contributed by atoms with Gasteiger partial charge in [0.15, 0.2) is 0 Å². The summed E-state index contributed by atoms with van der Waals surface area (Å²) in [5, 5.41) is 1.99. The summed E-state index contributed by atoms with van der Waals surface area (Å²) >= 11 is 6.18. The molecular formula is C19H19ClN2. The summed E-state index contributed by atoms with van der Waals surface area (Å²) in [6.07, 6.45) is 3.11. The van der Waals surface area contributed by atoms with Gasteiger partial charge in [0, 0.05) is 21.6 Å². The minimum atomic E-state index is -0.438. The molecule has 3 heteroatoms. The largest absolute Gasteiger partial charge is 0.356 e. The zero-order valence-corrected chi connectivity index (χ0v) is 13.4. The summed E-state index contributed by atoms with van der Waals surface area (Å²) in [5.41, 5.74) is 12.5. The first-order chi connectivity index (χ1) is 10.6. The van der Waals surface area contributed by atoms with Crippen LogP contribution in [0.25, 0.3) is 10.9 Å². The van der Waals surface area contributed by atoms with Crippen molar-refractivity contribution < 1.29 is 0 Å². The van der Waals surface area contributed by atoms with E-state index >= 15 is 0 Å². The second-order valence-electron chi connectivity index (χ2n) is 6.36. The van der Waals surface area contributed by atoms with E-state index in [-0.39, 0.29) is 0 Å². The van der Waals surface area contributed by atoms with Crippen LogP contribution in [0.5, 0.6) is 0 Å². The number of halogens is 1. The normalized spacial score (nSPS) is 21.0. The summed E-state index contributed by atoms with van der Waals surface area (Å²) in [5.74, 6) is 0. The lowest BCUT2D eigenvalue weighted by molar-refractivity contribution is 0.434. The van der Waals surface area contributed by atoms with Gasteiger partial charge in [0.05, 0.1) is 5.54 Å². The van der Waals surface area contributed by atoms with Gasteiger partial charge in [-0.05, 0) is 55.5 Å². The van der Waals surface area contributed by atoms with Crippen molar-refractivity contribution in [3.63, 3.8) is 0 Å². The molecule has 22 heavy (non-hydrogen) atoms. The molecule has 0 saturated heterocycles. The number of aromatic nitrogens is 1. The third-order valence-corrected chi connectivity index (χ3v) is 5.11. The summed E-state index contributed by atoms with van der Waals surface area (Å²) in [6.45, 7) is 2.10. The lowest BCUT2D eigenvalue weighted by atomic mass is 9.76. The van der Waals surface area contributed by atoms with Crippen LogP contribution in [0.1, 0.15) is 35.2 Å². The Morgan fingerprint density at radius 3 is 2.68 bits per heavy atom. The highest BCUT2D eigenvalue weighted by Crippen LogP contribution is 2.41. The van der Waals surface area contributed by atoms with Crippen LogP contribution >= 0.6 is 11.6 Å². The van der Waals surface area contributed by atoms with E-state index in [1.165, 1.54) is 22.1 Å². The first kappa shape index (κ1) is 13.9. The number of fused-ring (bicyclic) bond motifs is 3. The lowest BCUT2D eigenvalue weighted by Gasteiger charge is -2.34. The standard InChI is InChI=1S/C19H19ClN2/c1-12-4-6-13(7-5-12)19(21)10-2-3-15-16-11-14(20)8-9-17(16)22-18(15)19/h4-9,11,22H,2-3,10,21H2,1H3. The fourth-order valence-corrected chi connectivity index (χ4v) is 3.84. The molecule has 0 spiro atoms. The fraction of sp³-hybridized carbons (Fsp3) is 0.263. The van der Waals surface area contributed by atoms with Gasteiger partial charge in [-0.3, -0.25) is 0 Å². The quantitative estimate of drug-likeness (QED) is 0.674. The average Bonchev–Trinajstić information content (AvgIpc) is 2.88. The Labute approximate surface area is 135 Å². The minimum Gasteiger partial charge on any atom is -0.356 e. The van der Waals surface area contributed by atoms with Crippen molar-refractivity contribution in [2.45, 2.75) is 31.7 Å². The molecule has 2 aromatic carbocycles. The second-order valence-corrected chi connectivity index (χ2v) is 6.80. The molecule has 1 aromatic heterocycles. The second kappa shape index (κ2) is 4.87. The smallest absolute Gasteiger partial charge is 0.0820 e. The number of hydrogen-bond acceptors (Lipinski definition) is 1. The van der Waals surface area contributed by atoms with Crippen LogP contribution < -0.4 is 5.73 Å². The van der Waals surface area contributed by atoms with E-state index < -0.39 is 5.54 Å². The summed E-state index contributed by atoms with van der Waals surface area (Å²) in [6, 6.07) is 14.6. The van der Waals surface area contributed by atoms with Gasteiger partial charge in [-0.25, -0.2) is 0 Å². The average molecular weight is 311 g/mol. The maximum absolute atomic E-state index is 6.88. The predicted octanol–water partition coefficient (Wildman–Crippen LogP) is 4.67. The van der Waals surface area contributed by atoms with Crippen molar-refractivity contribution in [3.05, 3.63) is 69.9 Å². The molecule has 0 saturated carbocycles. The molecule has 0 aliphatic heterocycles. The first-order valence-electron chi connectivity index (χ1n) is 7.74. The molecule has 112 valence electrons. The number of aromatic amines is 1. The van der Waals surface area contributed by atoms with Crippen LogP contribution in [-0.2, 0) is 12.0 Å². The van der Waals surface area contributed by atoms with Crippen molar-refractivity contribution in [2.75, 3.05) is 0 Å². The maximum atomic E-state index is 6.88. The Morgan fingerprint density at radius 2 is 1.91 bits per heavy atom. The highest BCUT2D eigenvalue weighted by atomic mass is 35.5. The summed E-state index contributed by atoms with van der Waals surface area (Å²) in [4.78, 5) is 3.56. The molecule has 3 aromatic rings. The van der Waals surface area contributed by atoms with E-state index in [9.17, 15) is 0 Å². The molecule has 1 aliphatic rings. The summed E-state index contributed by atoms with van der Waals surface area (Å²) < 4.78 is 0. The van der Waals surface area contributed by atoms with E-state index in [0.717, 1.165) is 35.5 Å². The van der Waals surface area contributed by atoms with Crippen LogP contribution in [0.4, 0.5) is 0 Å². The van der Waals surface area contributed by atoms with Crippen LogP contribution in [0, 0.1) is 6.92 Å². The lowest BCUT2D eigenvalue weighted by Crippen LogP contribution is -2.41. The van der Waals surface area contributed by atoms with E-state index in [1.807, 2.05) is 18.2 Å². The third kappa shape index (κ3) is 1.98. The zero-order chi connectivity index (χ0) is 15.3. The van der Waals surface area contributed by atoms with Crippen molar-refractivity contribution in [1.82, 2.24) is 4.98 Å². The molecule has 0 radical (unpaired) electrons. The maximum Gasteiger partial charge on any atom is 0.0820 e. The number of H-pyrrole nitrogens is 1. The third-order valence-electron chi connectivity index (χ3n) is 4.88. The monoisotopic (exact) mass is 310 g/mol. The molecule has 1 aliphatic carbocycles. The Morgan fingerprint density at radius 1 is 1.14 bits per heavy atom. The number of nitrogens with one attached hydrogen (secondary N) is 1. The van der Waals surface area contributed by atoms with Gasteiger partial charge in [0.1, 0.15) is 0 Å². The minimum absolute atomic E-state index is 0.438. The SMILES string of the molecule is Cc1ccc(C2(N)CCCc3c2[nH]c2ccc(Cl)cc32)cc1. The highest BCUT2D eigenvalue weighted by molar-refractivity contribution is 6.31. The number of nitrogens with two attached hydrogens (primary N) is 1. The van der Waals surface area contributed by atoms with Crippen molar-refractivity contribution in [2.24, 2.45) is 5.73 Å². The molecular weight excluding hydrogens is 292 g/mol. The molecule has 1 unspecified atom stereocenters. The van der Waals surface area contributed by atoms with Crippen LogP contribution in [0.2, 0.25) is 5.02 Å². The zero-order valence-electron chi connectivity index (χ0n) is 12.6. The Balaban J connectivity index is 1.95. The number of benzene rings is 2. The highest BCUT2D eigenvalue weighted by Gasteiger charge is 2.36. The molecule has 3 N–H and O–H groups in total. The fourth-order valence-electron chi connectivity index (χ4n) is 3.67. The Kier molecular flexibility index (Phi) is 3.07. The molecule has 1 heterocycles. The number of hydrogen-bond donors (Lipinski definition) is 2. The van der Waals surface area contributed by atoms with Gasteiger partial charge in [-0.1, -0.05) is 41.4 Å². The molecule has 2 nitrogen and oxygen atoms in total. The molecule has 0 fully saturated rings. The molecule has 4 rings (SSSR count). The van der Waals surface area contributed by atoms with E-state index in [0.29, 0.717) is 0 Å². The van der Waals surface area contributed by atoms with E-state index in [2.05, 4.69) is 36.2 Å². The van der Waals surface area contributed by atoms with Crippen LogP contribution in [-0.4, -0.2) is 4.98 Å². The molecule has 0 bridgehead atoms. The van der Waals surface area contributed by atoms with Gasteiger partial charge in [-0.2, -0.15) is 0 Å². The Bertz CT molecular complexity index is 848. The van der Waals surface area contributed by atoms with Crippen molar-refractivity contribution in [3.8, 4) is 0 Å². The Hall–Kier alpha value is -1.77. The van der Waals surface area contributed by atoms with E-state index in [4.69, 9.17) is 17.3 Å². The topological polar surface area (TPSA) is 41.8 Å².